The lowest BCUT2D eigenvalue weighted by Gasteiger charge is -2.24. The lowest BCUT2D eigenvalue weighted by atomic mass is 10.1. The molecule has 0 spiro atoms. The van der Waals surface area contributed by atoms with E-state index >= 15 is 0 Å². The van der Waals surface area contributed by atoms with Gasteiger partial charge in [0.25, 0.3) is 11.1 Å². The highest BCUT2D eigenvalue weighted by Crippen LogP contribution is 2.37. The first-order valence-corrected chi connectivity index (χ1v) is 9.60. The van der Waals surface area contributed by atoms with E-state index in [1.54, 1.807) is 23.1 Å². The van der Waals surface area contributed by atoms with Gasteiger partial charge < -0.3 is 9.32 Å². The molecule has 3 rings (SSSR count). The van der Waals surface area contributed by atoms with Gasteiger partial charge in [0.1, 0.15) is 11.1 Å². The third-order valence-electron chi connectivity index (χ3n) is 4.13. The molecule has 0 bridgehead atoms. The van der Waals surface area contributed by atoms with Crippen LogP contribution in [0.1, 0.15) is 24.7 Å². The number of nitrogens with zero attached hydrogens (tertiary/aromatic N) is 3. The summed E-state index contributed by atoms with van der Waals surface area (Å²) in [5.74, 6) is -0.365. The van der Waals surface area contributed by atoms with E-state index in [-0.39, 0.29) is 22.6 Å². The molecule has 0 aliphatic carbocycles. The summed E-state index contributed by atoms with van der Waals surface area (Å²) in [5, 5.41) is 7.65. The Labute approximate surface area is 161 Å². The zero-order valence-corrected chi connectivity index (χ0v) is 15.9. The summed E-state index contributed by atoms with van der Waals surface area (Å²) in [6.45, 7) is 5.11. The van der Waals surface area contributed by atoms with Gasteiger partial charge >= 0.3 is 0 Å². The number of halogens is 1. The molecule has 0 N–H and O–H groups in total. The molecular formula is C20H20FN3O2S. The van der Waals surface area contributed by atoms with E-state index in [1.807, 2.05) is 44.2 Å². The van der Waals surface area contributed by atoms with Gasteiger partial charge in [0.15, 0.2) is 0 Å². The molecule has 1 heterocycles. The largest absolute Gasteiger partial charge is 0.411 e. The summed E-state index contributed by atoms with van der Waals surface area (Å²) >= 11 is 1.18. The van der Waals surface area contributed by atoms with E-state index in [1.165, 1.54) is 17.8 Å². The fourth-order valence-electron chi connectivity index (χ4n) is 2.69. The Morgan fingerprint density at radius 1 is 1.07 bits per heavy atom. The number of aromatic nitrogens is 2. The van der Waals surface area contributed by atoms with Crippen LogP contribution in [0.25, 0.3) is 11.5 Å². The summed E-state index contributed by atoms with van der Waals surface area (Å²) in [5.41, 5.74) is 1.09. The van der Waals surface area contributed by atoms with E-state index in [0.29, 0.717) is 13.1 Å². The van der Waals surface area contributed by atoms with E-state index in [0.717, 1.165) is 5.56 Å². The number of carbonyl (C=O) groups is 1. The molecule has 0 radical (unpaired) electrons. The van der Waals surface area contributed by atoms with Crippen LogP contribution in [-0.4, -0.2) is 34.1 Å². The second kappa shape index (κ2) is 8.81. The maximum absolute atomic E-state index is 13.9. The number of hydrogen-bond donors (Lipinski definition) is 0. The quantitative estimate of drug-likeness (QED) is 0.557. The van der Waals surface area contributed by atoms with Crippen molar-refractivity contribution >= 4 is 17.7 Å². The van der Waals surface area contributed by atoms with Gasteiger partial charge in [-0.25, -0.2) is 4.39 Å². The number of hydrogen-bond acceptors (Lipinski definition) is 5. The Balaban J connectivity index is 1.89. The molecule has 27 heavy (non-hydrogen) atoms. The van der Waals surface area contributed by atoms with Crippen LogP contribution >= 0.6 is 11.8 Å². The van der Waals surface area contributed by atoms with Crippen molar-refractivity contribution in [1.29, 1.82) is 0 Å². The van der Waals surface area contributed by atoms with Crippen LogP contribution in [0.15, 0.2) is 64.2 Å². The highest BCUT2D eigenvalue weighted by Gasteiger charge is 2.28. The Kier molecular flexibility index (Phi) is 6.24. The monoisotopic (exact) mass is 385 g/mol. The molecule has 7 heteroatoms. The molecule has 1 amide bonds. The van der Waals surface area contributed by atoms with Crippen molar-refractivity contribution in [3.8, 4) is 11.5 Å². The van der Waals surface area contributed by atoms with Crippen molar-refractivity contribution in [3.63, 3.8) is 0 Å². The van der Waals surface area contributed by atoms with Crippen LogP contribution < -0.4 is 0 Å². The summed E-state index contributed by atoms with van der Waals surface area (Å²) in [4.78, 5) is 14.8. The van der Waals surface area contributed by atoms with Crippen molar-refractivity contribution in [2.75, 3.05) is 13.1 Å². The molecule has 5 nitrogen and oxygen atoms in total. The molecule has 0 aliphatic rings. The van der Waals surface area contributed by atoms with Gasteiger partial charge in [-0.3, -0.25) is 4.79 Å². The van der Waals surface area contributed by atoms with Crippen molar-refractivity contribution in [1.82, 2.24) is 15.1 Å². The number of benzene rings is 2. The molecule has 0 unspecified atom stereocenters. The molecule has 2 aromatic carbocycles. The summed E-state index contributed by atoms with van der Waals surface area (Å²) < 4.78 is 19.6. The van der Waals surface area contributed by atoms with E-state index in [4.69, 9.17) is 4.42 Å². The standard InChI is InChI=1S/C20H20FN3O2S/c1-3-24(4-2)19(25)17(14-10-6-5-7-11-14)27-20-23-22-18(26-20)15-12-8-9-13-16(15)21/h5-13,17H,3-4H2,1-2H3/t17-/m0/s1. The van der Waals surface area contributed by atoms with Gasteiger partial charge in [-0.2, -0.15) is 0 Å². The van der Waals surface area contributed by atoms with Gasteiger partial charge in [-0.15, -0.1) is 10.2 Å². The van der Waals surface area contributed by atoms with E-state index < -0.39 is 11.1 Å². The maximum atomic E-state index is 13.9. The predicted octanol–water partition coefficient (Wildman–Crippen LogP) is 4.58. The molecule has 0 saturated heterocycles. The lowest BCUT2D eigenvalue weighted by Crippen LogP contribution is -2.33. The fourth-order valence-corrected chi connectivity index (χ4v) is 3.65. The highest BCUT2D eigenvalue weighted by atomic mass is 32.2. The van der Waals surface area contributed by atoms with Gasteiger partial charge in [-0.05, 0) is 43.3 Å². The lowest BCUT2D eigenvalue weighted by molar-refractivity contribution is -0.130. The first-order chi connectivity index (χ1) is 13.1. The predicted molar refractivity (Wildman–Crippen MR) is 103 cm³/mol. The van der Waals surface area contributed by atoms with Gasteiger partial charge in [-0.1, -0.05) is 42.5 Å². The Morgan fingerprint density at radius 2 is 1.74 bits per heavy atom. The highest BCUT2D eigenvalue weighted by molar-refractivity contribution is 8.00. The summed E-state index contributed by atoms with van der Waals surface area (Å²) in [6.07, 6.45) is 0. The van der Waals surface area contributed by atoms with Crippen LogP contribution in [0, 0.1) is 5.82 Å². The summed E-state index contributed by atoms with van der Waals surface area (Å²) in [7, 11) is 0. The first kappa shape index (κ1) is 19.1. The minimum absolute atomic E-state index is 0.0261. The molecule has 140 valence electrons. The van der Waals surface area contributed by atoms with Crippen LogP contribution in [0.2, 0.25) is 0 Å². The number of rotatable bonds is 7. The van der Waals surface area contributed by atoms with Gasteiger partial charge in [0.05, 0.1) is 5.56 Å². The average Bonchev–Trinajstić information content (AvgIpc) is 3.16. The van der Waals surface area contributed by atoms with Crippen LogP contribution in [0.5, 0.6) is 0 Å². The molecule has 0 fully saturated rings. The Bertz CT molecular complexity index is 897. The van der Waals surface area contributed by atoms with Crippen LogP contribution in [-0.2, 0) is 4.79 Å². The van der Waals surface area contributed by atoms with Crippen molar-refractivity contribution in [2.24, 2.45) is 0 Å². The topological polar surface area (TPSA) is 59.2 Å². The van der Waals surface area contributed by atoms with Gasteiger partial charge in [0, 0.05) is 13.1 Å². The Morgan fingerprint density at radius 3 is 2.41 bits per heavy atom. The molecule has 1 aromatic heterocycles. The molecular weight excluding hydrogens is 365 g/mol. The molecule has 3 aromatic rings. The number of amides is 1. The number of likely N-dealkylation sites (N-methyl/N-ethyl adjacent to an activating group) is 1. The van der Waals surface area contributed by atoms with Crippen molar-refractivity contribution in [3.05, 3.63) is 66.0 Å². The van der Waals surface area contributed by atoms with Gasteiger partial charge in [0.2, 0.25) is 5.91 Å². The van der Waals surface area contributed by atoms with Crippen molar-refractivity contribution in [2.45, 2.75) is 24.3 Å². The van der Waals surface area contributed by atoms with E-state index in [9.17, 15) is 9.18 Å². The SMILES string of the molecule is CCN(CC)C(=O)[C@@H](Sc1nnc(-c2ccccc2F)o1)c1ccccc1. The molecule has 1 atom stereocenters. The minimum Gasteiger partial charge on any atom is -0.411 e. The third-order valence-corrected chi connectivity index (χ3v) is 5.21. The number of thioether (sulfide) groups is 1. The molecule has 0 aliphatic heterocycles. The van der Waals surface area contributed by atoms with E-state index in [2.05, 4.69) is 10.2 Å². The zero-order chi connectivity index (χ0) is 19.2. The smallest absolute Gasteiger partial charge is 0.277 e. The average molecular weight is 385 g/mol. The fraction of sp³-hybridized carbons (Fsp3) is 0.250. The normalized spacial score (nSPS) is 12.0. The van der Waals surface area contributed by atoms with Crippen LogP contribution in [0.4, 0.5) is 4.39 Å². The second-order valence-electron chi connectivity index (χ2n) is 5.77. The first-order valence-electron chi connectivity index (χ1n) is 8.72. The second-order valence-corrected chi connectivity index (χ2v) is 6.83. The Hall–Kier alpha value is -2.67. The minimum atomic E-state index is -0.514. The van der Waals surface area contributed by atoms with Crippen molar-refractivity contribution < 1.29 is 13.6 Å². The number of carbonyl (C=O) groups excluding carboxylic acids is 1. The maximum Gasteiger partial charge on any atom is 0.277 e. The summed E-state index contributed by atoms with van der Waals surface area (Å²) in [6, 6.07) is 15.7. The van der Waals surface area contributed by atoms with Crippen LogP contribution in [0.3, 0.4) is 0 Å². The zero-order valence-electron chi connectivity index (χ0n) is 15.1. The third kappa shape index (κ3) is 4.36. The molecule has 0 saturated carbocycles.